The zero-order valence-electron chi connectivity index (χ0n) is 17.9. The Kier molecular flexibility index (Phi) is 13.0. The molecule has 0 spiro atoms. The third-order valence-electron chi connectivity index (χ3n) is 3.56. The SMILES string of the molecule is CCN(CC(C)C)C(=O)C(=O)OCC(F)(F)F.CN(C)CCOC1=CCCC=C1. The van der Waals surface area contributed by atoms with Gasteiger partial charge in [-0.3, -0.25) is 4.79 Å². The number of amides is 1. The van der Waals surface area contributed by atoms with Crippen molar-refractivity contribution < 1.29 is 32.2 Å². The van der Waals surface area contributed by atoms with Crippen LogP contribution >= 0.6 is 0 Å². The van der Waals surface area contributed by atoms with Gasteiger partial charge in [0.05, 0.1) is 0 Å². The van der Waals surface area contributed by atoms with E-state index in [1.165, 1.54) is 0 Å². The monoisotopic (exact) mass is 422 g/mol. The Morgan fingerprint density at radius 3 is 2.31 bits per heavy atom. The van der Waals surface area contributed by atoms with Crippen molar-refractivity contribution in [2.45, 2.75) is 39.8 Å². The fourth-order valence-corrected chi connectivity index (χ4v) is 2.18. The number of hydrogen-bond acceptors (Lipinski definition) is 5. The minimum Gasteiger partial charge on any atom is -0.493 e. The van der Waals surface area contributed by atoms with Crippen LogP contribution in [0.25, 0.3) is 0 Å². The van der Waals surface area contributed by atoms with Crippen LogP contribution in [0.15, 0.2) is 24.0 Å². The van der Waals surface area contributed by atoms with Crippen molar-refractivity contribution >= 4 is 11.9 Å². The molecule has 168 valence electrons. The highest BCUT2D eigenvalue weighted by molar-refractivity contribution is 6.32. The molecule has 0 heterocycles. The molecule has 0 radical (unpaired) electrons. The van der Waals surface area contributed by atoms with Crippen molar-refractivity contribution in [3.63, 3.8) is 0 Å². The molecule has 0 saturated heterocycles. The van der Waals surface area contributed by atoms with Crippen molar-refractivity contribution in [3.8, 4) is 0 Å². The summed E-state index contributed by atoms with van der Waals surface area (Å²) in [5.41, 5.74) is 0. The van der Waals surface area contributed by atoms with Gasteiger partial charge in [0.25, 0.3) is 0 Å². The molecule has 0 aromatic carbocycles. The Morgan fingerprint density at radius 2 is 1.86 bits per heavy atom. The molecule has 9 heteroatoms. The zero-order valence-corrected chi connectivity index (χ0v) is 17.9. The quantitative estimate of drug-likeness (QED) is 0.443. The Hall–Kier alpha value is -2.03. The summed E-state index contributed by atoms with van der Waals surface area (Å²) < 4.78 is 44.7. The van der Waals surface area contributed by atoms with E-state index in [1.54, 1.807) is 6.92 Å². The largest absolute Gasteiger partial charge is 0.493 e. The summed E-state index contributed by atoms with van der Waals surface area (Å²) in [6.07, 6.45) is 4.01. The molecule has 1 aliphatic rings. The summed E-state index contributed by atoms with van der Waals surface area (Å²) in [5, 5.41) is 0. The van der Waals surface area contributed by atoms with Gasteiger partial charge in [-0.1, -0.05) is 19.9 Å². The zero-order chi connectivity index (χ0) is 22.4. The molecule has 0 fully saturated rings. The fraction of sp³-hybridized carbons (Fsp3) is 0.700. The summed E-state index contributed by atoms with van der Waals surface area (Å²) >= 11 is 0. The molecule has 6 nitrogen and oxygen atoms in total. The highest BCUT2D eigenvalue weighted by Gasteiger charge is 2.32. The molecular weight excluding hydrogens is 389 g/mol. The summed E-state index contributed by atoms with van der Waals surface area (Å²) in [5.74, 6) is -1.35. The lowest BCUT2D eigenvalue weighted by Gasteiger charge is -2.21. The normalized spacial score (nSPS) is 13.5. The highest BCUT2D eigenvalue weighted by Crippen LogP contribution is 2.14. The molecule has 1 rings (SSSR count). The standard InChI is InChI=1S/C10H16F3NO3.C10H17NO/c1-4-14(5-7(2)3)8(15)9(16)17-6-10(11,12)13;1-11(2)8-9-12-10-6-4-3-5-7-10/h7H,4-6H2,1-3H3;4,6-7H,3,5,8-9H2,1-2H3. The highest BCUT2D eigenvalue weighted by atomic mass is 19.4. The van der Waals surface area contributed by atoms with Gasteiger partial charge in [0.2, 0.25) is 0 Å². The lowest BCUT2D eigenvalue weighted by atomic mass is 10.2. The average Bonchev–Trinajstić information content (AvgIpc) is 2.64. The average molecular weight is 422 g/mol. The molecule has 0 aromatic rings. The van der Waals surface area contributed by atoms with Crippen molar-refractivity contribution in [3.05, 3.63) is 24.0 Å². The smallest absolute Gasteiger partial charge is 0.422 e. The van der Waals surface area contributed by atoms with Crippen LogP contribution in [0.4, 0.5) is 13.2 Å². The van der Waals surface area contributed by atoms with Gasteiger partial charge in [0, 0.05) is 19.6 Å². The van der Waals surface area contributed by atoms with Gasteiger partial charge in [0.15, 0.2) is 6.61 Å². The number of hydrogen-bond donors (Lipinski definition) is 0. The predicted octanol–water partition coefficient (Wildman–Crippen LogP) is 3.39. The first-order valence-electron chi connectivity index (χ1n) is 9.63. The predicted molar refractivity (Wildman–Crippen MR) is 105 cm³/mol. The van der Waals surface area contributed by atoms with Gasteiger partial charge in [-0.25, -0.2) is 4.79 Å². The molecule has 0 N–H and O–H groups in total. The number of nitrogens with zero attached hydrogens (tertiary/aromatic N) is 2. The molecule has 0 aromatic heterocycles. The van der Waals surface area contributed by atoms with Gasteiger partial charge >= 0.3 is 18.1 Å². The van der Waals surface area contributed by atoms with E-state index in [0.717, 1.165) is 36.7 Å². The third kappa shape index (κ3) is 14.6. The van der Waals surface area contributed by atoms with Crippen LogP contribution in [0.2, 0.25) is 0 Å². The van der Waals surface area contributed by atoms with Gasteiger partial charge in [-0.05, 0) is 51.9 Å². The second-order valence-corrected chi connectivity index (χ2v) is 7.17. The topological polar surface area (TPSA) is 59.1 Å². The van der Waals surface area contributed by atoms with Crippen LogP contribution in [-0.2, 0) is 19.1 Å². The molecule has 0 atom stereocenters. The first-order valence-corrected chi connectivity index (χ1v) is 9.63. The van der Waals surface area contributed by atoms with E-state index in [4.69, 9.17) is 4.74 Å². The van der Waals surface area contributed by atoms with Crippen LogP contribution in [0, 0.1) is 5.92 Å². The van der Waals surface area contributed by atoms with E-state index in [1.807, 2.05) is 13.8 Å². The van der Waals surface area contributed by atoms with E-state index in [9.17, 15) is 22.8 Å². The fourth-order valence-electron chi connectivity index (χ4n) is 2.18. The van der Waals surface area contributed by atoms with E-state index < -0.39 is 24.7 Å². The molecule has 0 unspecified atom stereocenters. The number of esters is 1. The van der Waals surface area contributed by atoms with Crippen molar-refractivity contribution in [2.75, 3.05) is 46.9 Å². The number of ether oxygens (including phenoxy) is 2. The summed E-state index contributed by atoms with van der Waals surface area (Å²) in [6.45, 7) is 5.87. The van der Waals surface area contributed by atoms with E-state index in [2.05, 4.69) is 42.0 Å². The first-order chi connectivity index (χ1) is 13.5. The maximum absolute atomic E-state index is 11.8. The van der Waals surface area contributed by atoms with Crippen molar-refractivity contribution in [1.29, 1.82) is 0 Å². The maximum Gasteiger partial charge on any atom is 0.422 e. The number of allylic oxidation sites excluding steroid dienone is 3. The minimum atomic E-state index is -4.62. The van der Waals surface area contributed by atoms with Gasteiger partial charge in [-0.15, -0.1) is 0 Å². The summed E-state index contributed by atoms with van der Waals surface area (Å²) in [6, 6.07) is 0. The number of likely N-dealkylation sites (N-methyl/N-ethyl adjacent to an activating group) is 2. The maximum atomic E-state index is 11.8. The minimum absolute atomic E-state index is 0.120. The lowest BCUT2D eigenvalue weighted by Crippen LogP contribution is -2.40. The summed E-state index contributed by atoms with van der Waals surface area (Å²) in [7, 11) is 4.10. The van der Waals surface area contributed by atoms with Crippen LogP contribution < -0.4 is 0 Å². The third-order valence-corrected chi connectivity index (χ3v) is 3.56. The van der Waals surface area contributed by atoms with E-state index in [0.29, 0.717) is 6.54 Å². The molecule has 0 bridgehead atoms. The van der Waals surface area contributed by atoms with Crippen LogP contribution in [0.5, 0.6) is 0 Å². The summed E-state index contributed by atoms with van der Waals surface area (Å²) in [4.78, 5) is 25.7. The Bertz CT molecular complexity index is 558. The second-order valence-electron chi connectivity index (χ2n) is 7.17. The number of halogens is 3. The molecule has 0 aliphatic heterocycles. The molecular formula is C20H33F3N2O4. The number of carbonyl (C=O) groups is 2. The van der Waals surface area contributed by atoms with Gasteiger partial charge in [-0.2, -0.15) is 13.2 Å². The Morgan fingerprint density at radius 1 is 1.21 bits per heavy atom. The van der Waals surface area contributed by atoms with Crippen LogP contribution in [0.3, 0.4) is 0 Å². The molecule has 1 amide bonds. The second kappa shape index (κ2) is 14.0. The molecule has 0 saturated carbocycles. The Balaban J connectivity index is 0.000000571. The van der Waals surface area contributed by atoms with Crippen molar-refractivity contribution in [2.24, 2.45) is 5.92 Å². The number of rotatable bonds is 8. The van der Waals surface area contributed by atoms with Crippen molar-refractivity contribution in [1.82, 2.24) is 9.80 Å². The first kappa shape index (κ1) is 27.0. The molecule has 29 heavy (non-hydrogen) atoms. The molecule has 1 aliphatic carbocycles. The van der Waals surface area contributed by atoms with E-state index in [-0.39, 0.29) is 12.5 Å². The van der Waals surface area contributed by atoms with Gasteiger partial charge in [0.1, 0.15) is 12.4 Å². The van der Waals surface area contributed by atoms with Crippen LogP contribution in [-0.4, -0.2) is 74.8 Å². The Labute approximate surface area is 171 Å². The number of alkyl halides is 3. The van der Waals surface area contributed by atoms with E-state index >= 15 is 0 Å². The van der Waals surface area contributed by atoms with Crippen LogP contribution in [0.1, 0.15) is 33.6 Å². The lowest BCUT2D eigenvalue weighted by molar-refractivity contribution is -0.189. The number of carbonyl (C=O) groups excluding carboxylic acids is 2. The van der Waals surface area contributed by atoms with Gasteiger partial charge < -0.3 is 19.3 Å².